The zero-order chi connectivity index (χ0) is 25.1. The van der Waals surface area contributed by atoms with E-state index in [0.29, 0.717) is 43.9 Å². The Labute approximate surface area is 225 Å². The maximum Gasteiger partial charge on any atom is 0.271 e. The van der Waals surface area contributed by atoms with E-state index in [1.165, 1.54) is 23.1 Å². The van der Waals surface area contributed by atoms with E-state index in [9.17, 15) is 4.79 Å². The number of nitrogens with one attached hydrogen (secondary N) is 1. The Morgan fingerprint density at radius 1 is 1.14 bits per heavy atom. The standard InChI is InChI=1S/C25H19Cl2N5O2S2/c1-15(16-6-3-2-4-7-16)28-24(33)19-13-35-22(29-19)14-36-25-31-30-23(21-8-5-11-34-21)32(25)20-10-9-17(26)12-18(20)27/h2-13,15H,14H2,1H3,(H,28,33). The molecule has 5 aromatic rings. The Balaban J connectivity index is 1.34. The van der Waals surface area contributed by atoms with E-state index in [1.807, 2.05) is 47.9 Å². The van der Waals surface area contributed by atoms with Crippen LogP contribution in [-0.4, -0.2) is 25.7 Å². The summed E-state index contributed by atoms with van der Waals surface area (Å²) in [6.45, 7) is 1.95. The highest BCUT2D eigenvalue weighted by molar-refractivity contribution is 7.98. The molecule has 0 radical (unpaired) electrons. The molecule has 1 amide bonds. The average Bonchev–Trinajstić information content (AvgIpc) is 3.64. The van der Waals surface area contributed by atoms with Gasteiger partial charge >= 0.3 is 0 Å². The van der Waals surface area contributed by atoms with E-state index in [1.54, 1.807) is 35.9 Å². The number of thioether (sulfide) groups is 1. The fraction of sp³-hybridized carbons (Fsp3) is 0.120. The number of rotatable bonds is 8. The molecule has 1 N–H and O–H groups in total. The molecule has 5 rings (SSSR count). The number of aromatic nitrogens is 4. The zero-order valence-electron chi connectivity index (χ0n) is 18.9. The van der Waals surface area contributed by atoms with Crippen LogP contribution >= 0.6 is 46.3 Å². The number of hydrogen-bond acceptors (Lipinski definition) is 7. The molecule has 0 saturated heterocycles. The predicted molar refractivity (Wildman–Crippen MR) is 143 cm³/mol. The van der Waals surface area contributed by atoms with Crippen molar-refractivity contribution in [1.82, 2.24) is 25.1 Å². The molecule has 3 aromatic heterocycles. The lowest BCUT2D eigenvalue weighted by atomic mass is 10.1. The summed E-state index contributed by atoms with van der Waals surface area (Å²) in [7, 11) is 0. The summed E-state index contributed by atoms with van der Waals surface area (Å²) in [6.07, 6.45) is 1.57. The van der Waals surface area contributed by atoms with Crippen molar-refractivity contribution in [3.8, 4) is 17.3 Å². The lowest BCUT2D eigenvalue weighted by Gasteiger charge is -2.13. The van der Waals surface area contributed by atoms with E-state index in [2.05, 4.69) is 20.5 Å². The van der Waals surface area contributed by atoms with Gasteiger partial charge in [-0.1, -0.05) is 65.3 Å². The van der Waals surface area contributed by atoms with Crippen LogP contribution in [0.1, 0.15) is 34.0 Å². The first-order valence-corrected chi connectivity index (χ1v) is 13.5. The maximum atomic E-state index is 12.7. The average molecular weight is 557 g/mol. The molecule has 0 saturated carbocycles. The molecule has 0 aliphatic carbocycles. The van der Waals surface area contributed by atoms with E-state index in [4.69, 9.17) is 27.6 Å². The molecule has 1 atom stereocenters. The Morgan fingerprint density at radius 2 is 1.97 bits per heavy atom. The summed E-state index contributed by atoms with van der Waals surface area (Å²) in [5.41, 5.74) is 2.09. The lowest BCUT2D eigenvalue weighted by Crippen LogP contribution is -2.26. The SMILES string of the molecule is CC(NC(=O)c1csc(CSc2nnc(-c3ccco3)n2-c2ccc(Cl)cc2Cl)n1)c1ccccc1. The third kappa shape index (κ3) is 5.34. The van der Waals surface area contributed by atoms with Crippen LogP contribution in [0.4, 0.5) is 0 Å². The molecule has 1 unspecified atom stereocenters. The highest BCUT2D eigenvalue weighted by atomic mass is 35.5. The predicted octanol–water partition coefficient (Wildman–Crippen LogP) is 7.07. The van der Waals surface area contributed by atoms with Crippen molar-refractivity contribution >= 4 is 52.2 Å². The van der Waals surface area contributed by atoms with Gasteiger partial charge < -0.3 is 9.73 Å². The number of nitrogens with zero attached hydrogens (tertiary/aromatic N) is 4. The van der Waals surface area contributed by atoms with Crippen LogP contribution in [0.3, 0.4) is 0 Å². The van der Waals surface area contributed by atoms with Gasteiger partial charge in [0.05, 0.1) is 28.8 Å². The lowest BCUT2D eigenvalue weighted by molar-refractivity contribution is 0.0935. The van der Waals surface area contributed by atoms with E-state index in [0.717, 1.165) is 10.6 Å². The Morgan fingerprint density at radius 3 is 2.72 bits per heavy atom. The first kappa shape index (κ1) is 24.6. The molecule has 0 bridgehead atoms. The Kier molecular flexibility index (Phi) is 7.43. The number of hydrogen-bond donors (Lipinski definition) is 1. The summed E-state index contributed by atoms with van der Waals surface area (Å²) in [5, 5.41) is 15.8. The van der Waals surface area contributed by atoms with Crippen LogP contribution in [-0.2, 0) is 5.75 Å². The molecular weight excluding hydrogens is 537 g/mol. The van der Waals surface area contributed by atoms with Crippen molar-refractivity contribution in [2.45, 2.75) is 23.9 Å². The third-order valence-electron chi connectivity index (χ3n) is 5.28. The molecule has 7 nitrogen and oxygen atoms in total. The Hall–Kier alpha value is -3.11. The number of furan rings is 1. The van der Waals surface area contributed by atoms with Crippen LogP contribution in [0.5, 0.6) is 0 Å². The van der Waals surface area contributed by atoms with Crippen molar-refractivity contribution in [3.05, 3.63) is 98.6 Å². The largest absolute Gasteiger partial charge is 0.461 e. The van der Waals surface area contributed by atoms with Crippen molar-refractivity contribution in [2.24, 2.45) is 0 Å². The summed E-state index contributed by atoms with van der Waals surface area (Å²) in [4.78, 5) is 17.2. The monoisotopic (exact) mass is 555 g/mol. The molecule has 0 aliphatic rings. The van der Waals surface area contributed by atoms with Crippen LogP contribution in [0.25, 0.3) is 17.3 Å². The second-order valence-corrected chi connectivity index (χ2v) is 10.5. The topological polar surface area (TPSA) is 85.8 Å². The van der Waals surface area contributed by atoms with E-state index >= 15 is 0 Å². The second kappa shape index (κ2) is 10.9. The molecule has 36 heavy (non-hydrogen) atoms. The van der Waals surface area contributed by atoms with Crippen molar-refractivity contribution in [2.75, 3.05) is 0 Å². The minimum Gasteiger partial charge on any atom is -0.461 e. The van der Waals surface area contributed by atoms with E-state index < -0.39 is 0 Å². The first-order chi connectivity index (χ1) is 17.5. The van der Waals surface area contributed by atoms with Gasteiger partial charge in [-0.25, -0.2) is 4.98 Å². The van der Waals surface area contributed by atoms with Gasteiger partial charge in [0, 0.05) is 10.4 Å². The molecule has 11 heteroatoms. The van der Waals surface area contributed by atoms with Crippen molar-refractivity contribution in [1.29, 1.82) is 0 Å². The fourth-order valence-electron chi connectivity index (χ4n) is 3.51. The highest BCUT2D eigenvalue weighted by Gasteiger charge is 2.21. The summed E-state index contributed by atoms with van der Waals surface area (Å²) in [6, 6.07) is 18.5. The van der Waals surface area contributed by atoms with Crippen LogP contribution < -0.4 is 5.32 Å². The van der Waals surface area contributed by atoms with Crippen LogP contribution in [0.15, 0.2) is 81.9 Å². The van der Waals surface area contributed by atoms with Crippen molar-refractivity contribution in [3.63, 3.8) is 0 Å². The zero-order valence-corrected chi connectivity index (χ0v) is 22.0. The van der Waals surface area contributed by atoms with Gasteiger partial charge in [0.2, 0.25) is 5.82 Å². The number of carbonyl (C=O) groups excluding carboxylic acids is 1. The number of amides is 1. The molecule has 3 heterocycles. The summed E-state index contributed by atoms with van der Waals surface area (Å²) in [5.74, 6) is 1.35. The summed E-state index contributed by atoms with van der Waals surface area (Å²) >= 11 is 15.5. The normalized spacial score (nSPS) is 12.0. The second-order valence-electron chi connectivity index (χ2n) is 7.74. The third-order valence-corrected chi connectivity index (χ3v) is 7.79. The smallest absolute Gasteiger partial charge is 0.271 e. The Bertz CT molecular complexity index is 1490. The number of carbonyl (C=O) groups is 1. The van der Waals surface area contributed by atoms with Gasteiger partial charge in [0.25, 0.3) is 5.91 Å². The van der Waals surface area contributed by atoms with Gasteiger partial charge in [0.15, 0.2) is 10.9 Å². The van der Waals surface area contributed by atoms with Gasteiger partial charge in [-0.3, -0.25) is 9.36 Å². The van der Waals surface area contributed by atoms with Crippen molar-refractivity contribution < 1.29 is 9.21 Å². The fourth-order valence-corrected chi connectivity index (χ4v) is 5.74. The minimum absolute atomic E-state index is 0.124. The van der Waals surface area contributed by atoms with Crippen LogP contribution in [0.2, 0.25) is 10.0 Å². The van der Waals surface area contributed by atoms with Gasteiger partial charge in [-0.2, -0.15) is 0 Å². The minimum atomic E-state index is -0.213. The van der Waals surface area contributed by atoms with Crippen LogP contribution in [0, 0.1) is 0 Å². The summed E-state index contributed by atoms with van der Waals surface area (Å²) < 4.78 is 7.38. The number of thiazole rings is 1. The first-order valence-electron chi connectivity index (χ1n) is 10.9. The number of halogens is 2. The molecular formula is C25H19Cl2N5O2S2. The molecule has 2 aromatic carbocycles. The molecule has 0 aliphatic heterocycles. The quantitative estimate of drug-likeness (QED) is 0.206. The van der Waals surface area contributed by atoms with Gasteiger partial charge in [-0.15, -0.1) is 21.5 Å². The molecule has 0 fully saturated rings. The van der Waals surface area contributed by atoms with E-state index in [-0.39, 0.29) is 11.9 Å². The molecule has 0 spiro atoms. The number of benzene rings is 2. The highest BCUT2D eigenvalue weighted by Crippen LogP contribution is 2.34. The van der Waals surface area contributed by atoms with Gasteiger partial charge in [-0.05, 0) is 42.8 Å². The maximum absolute atomic E-state index is 12.7. The molecule has 182 valence electrons. The van der Waals surface area contributed by atoms with Gasteiger partial charge in [0.1, 0.15) is 10.7 Å².